The normalized spacial score (nSPS) is 13.7. The zero-order chi connectivity index (χ0) is 22.1. The number of anilines is 2. The fourth-order valence-electron chi connectivity index (χ4n) is 3.72. The van der Waals surface area contributed by atoms with Crippen LogP contribution in [0.1, 0.15) is 22.3 Å². The van der Waals surface area contributed by atoms with E-state index in [0.717, 1.165) is 22.4 Å². The number of carbonyl (C=O) groups excluding carboxylic acids is 2. The van der Waals surface area contributed by atoms with Gasteiger partial charge in [0.05, 0.1) is 18.4 Å². The van der Waals surface area contributed by atoms with Gasteiger partial charge in [-0.15, -0.1) is 0 Å². The first-order valence-electron chi connectivity index (χ1n) is 10.1. The van der Waals surface area contributed by atoms with Crippen LogP contribution in [0.4, 0.5) is 11.4 Å². The van der Waals surface area contributed by atoms with E-state index in [0.29, 0.717) is 22.6 Å². The highest BCUT2D eigenvalue weighted by atomic mass is 16.5. The molecule has 1 N–H and O–H groups in total. The van der Waals surface area contributed by atoms with E-state index in [1.165, 1.54) is 4.90 Å². The van der Waals surface area contributed by atoms with Crippen LogP contribution < -0.4 is 15.0 Å². The maximum absolute atomic E-state index is 13.6. The third kappa shape index (κ3) is 3.59. The maximum atomic E-state index is 13.6. The zero-order valence-electron chi connectivity index (χ0n) is 18.0. The molecule has 2 amide bonds. The van der Waals surface area contributed by atoms with Crippen LogP contribution in [0, 0.1) is 20.8 Å². The van der Waals surface area contributed by atoms with Gasteiger partial charge in [0.1, 0.15) is 11.4 Å². The average Bonchev–Trinajstić information content (AvgIpc) is 3.01. The Labute approximate surface area is 182 Å². The van der Waals surface area contributed by atoms with Gasteiger partial charge in [0.2, 0.25) is 0 Å². The Bertz CT molecular complexity index is 1210. The standard InChI is InChI=1S/C26H24N2O3/c1-16-9-7-11-22(18(16)3)28-25(29)23(19-12-14-20(31-4)15-13-19)24(26(28)30)27-21-10-6-5-8-17(21)2/h5-15,27H,1-4H3. The number of nitrogens with one attached hydrogen (secondary N) is 1. The number of rotatable bonds is 5. The number of hydrogen-bond acceptors (Lipinski definition) is 4. The molecule has 3 aromatic rings. The van der Waals surface area contributed by atoms with Gasteiger partial charge >= 0.3 is 0 Å². The molecule has 0 atom stereocenters. The van der Waals surface area contributed by atoms with Crippen molar-refractivity contribution in [2.75, 3.05) is 17.3 Å². The molecule has 0 spiro atoms. The van der Waals surface area contributed by atoms with Gasteiger partial charge in [0.15, 0.2) is 0 Å². The van der Waals surface area contributed by atoms with Crippen molar-refractivity contribution in [3.63, 3.8) is 0 Å². The second-order valence-corrected chi connectivity index (χ2v) is 7.58. The van der Waals surface area contributed by atoms with Gasteiger partial charge in [-0.3, -0.25) is 9.59 Å². The van der Waals surface area contributed by atoms with Crippen LogP contribution in [0.25, 0.3) is 5.57 Å². The van der Waals surface area contributed by atoms with Crippen molar-refractivity contribution >= 4 is 28.8 Å². The van der Waals surface area contributed by atoms with E-state index in [-0.39, 0.29) is 17.5 Å². The molecule has 0 unspecified atom stereocenters. The molecule has 0 aromatic heterocycles. The van der Waals surface area contributed by atoms with E-state index in [2.05, 4.69) is 5.32 Å². The lowest BCUT2D eigenvalue weighted by Gasteiger charge is -2.19. The summed E-state index contributed by atoms with van der Waals surface area (Å²) in [6.07, 6.45) is 0. The minimum Gasteiger partial charge on any atom is -0.497 e. The van der Waals surface area contributed by atoms with Crippen molar-refractivity contribution < 1.29 is 14.3 Å². The molecule has 4 rings (SSSR count). The largest absolute Gasteiger partial charge is 0.497 e. The fraction of sp³-hybridized carbons (Fsp3) is 0.154. The molecule has 31 heavy (non-hydrogen) atoms. The van der Waals surface area contributed by atoms with Gasteiger partial charge in [0, 0.05) is 5.69 Å². The molecule has 0 bridgehead atoms. The summed E-state index contributed by atoms with van der Waals surface area (Å²) in [7, 11) is 1.59. The van der Waals surface area contributed by atoms with E-state index in [4.69, 9.17) is 4.74 Å². The van der Waals surface area contributed by atoms with E-state index in [1.54, 1.807) is 37.4 Å². The summed E-state index contributed by atoms with van der Waals surface area (Å²) < 4.78 is 5.24. The average molecular weight is 412 g/mol. The van der Waals surface area contributed by atoms with Gasteiger partial charge in [-0.05, 0) is 67.3 Å². The zero-order valence-corrected chi connectivity index (χ0v) is 18.0. The molecule has 0 saturated carbocycles. The van der Waals surface area contributed by atoms with Crippen molar-refractivity contribution in [1.29, 1.82) is 0 Å². The predicted octanol–water partition coefficient (Wildman–Crippen LogP) is 5.02. The molecule has 1 aliphatic rings. The molecule has 0 fully saturated rings. The molecule has 3 aromatic carbocycles. The number of aryl methyl sites for hydroxylation is 2. The molecule has 156 valence electrons. The number of carbonyl (C=O) groups is 2. The van der Waals surface area contributed by atoms with Crippen molar-refractivity contribution in [2.45, 2.75) is 20.8 Å². The fourth-order valence-corrected chi connectivity index (χ4v) is 3.72. The third-order valence-corrected chi connectivity index (χ3v) is 5.68. The summed E-state index contributed by atoms with van der Waals surface area (Å²) in [5.41, 5.74) is 5.55. The van der Waals surface area contributed by atoms with Crippen molar-refractivity contribution in [2.24, 2.45) is 0 Å². The molecule has 0 radical (unpaired) electrons. The van der Waals surface area contributed by atoms with Gasteiger partial charge in [-0.1, -0.05) is 42.5 Å². The van der Waals surface area contributed by atoms with Crippen LogP contribution in [0.3, 0.4) is 0 Å². The highest BCUT2D eigenvalue weighted by Crippen LogP contribution is 2.36. The number of amides is 2. The molecule has 5 nitrogen and oxygen atoms in total. The van der Waals surface area contributed by atoms with Gasteiger partial charge in [-0.25, -0.2) is 4.90 Å². The van der Waals surface area contributed by atoms with Gasteiger partial charge in [0.25, 0.3) is 11.8 Å². The number of benzene rings is 3. The minimum atomic E-state index is -0.368. The quantitative estimate of drug-likeness (QED) is 0.598. The van der Waals surface area contributed by atoms with E-state index < -0.39 is 0 Å². The Balaban J connectivity index is 1.86. The lowest BCUT2D eigenvalue weighted by Crippen LogP contribution is -2.33. The number of para-hydroxylation sites is 1. The molecule has 5 heteroatoms. The lowest BCUT2D eigenvalue weighted by molar-refractivity contribution is -0.120. The van der Waals surface area contributed by atoms with Crippen molar-refractivity contribution in [3.05, 3.63) is 94.7 Å². The molecule has 0 aliphatic carbocycles. The lowest BCUT2D eigenvalue weighted by atomic mass is 10.0. The van der Waals surface area contributed by atoms with Crippen molar-refractivity contribution in [1.82, 2.24) is 0 Å². The SMILES string of the molecule is COc1ccc(C2=C(Nc3ccccc3C)C(=O)N(c3cccc(C)c3C)C2=O)cc1. The predicted molar refractivity (Wildman–Crippen MR) is 123 cm³/mol. The first-order valence-corrected chi connectivity index (χ1v) is 10.1. The smallest absolute Gasteiger partial charge is 0.282 e. The van der Waals surface area contributed by atoms with Crippen LogP contribution >= 0.6 is 0 Å². The van der Waals surface area contributed by atoms with E-state index >= 15 is 0 Å². The van der Waals surface area contributed by atoms with Gasteiger partial charge < -0.3 is 10.1 Å². The van der Waals surface area contributed by atoms with Crippen LogP contribution in [-0.2, 0) is 9.59 Å². The first-order chi connectivity index (χ1) is 14.9. The van der Waals surface area contributed by atoms with Crippen LogP contribution in [0.2, 0.25) is 0 Å². The Kier molecular flexibility index (Phi) is 5.34. The molecule has 0 saturated heterocycles. The Morgan fingerprint density at radius 3 is 2.13 bits per heavy atom. The summed E-state index contributed by atoms with van der Waals surface area (Å²) in [6, 6.07) is 20.5. The summed E-state index contributed by atoms with van der Waals surface area (Å²) in [6.45, 7) is 5.85. The number of hydrogen-bond donors (Lipinski definition) is 1. The van der Waals surface area contributed by atoms with E-state index in [1.807, 2.05) is 57.2 Å². The topological polar surface area (TPSA) is 58.6 Å². The number of nitrogens with zero attached hydrogens (tertiary/aromatic N) is 1. The number of imide groups is 1. The highest BCUT2D eigenvalue weighted by Gasteiger charge is 2.41. The number of methoxy groups -OCH3 is 1. The summed E-state index contributed by atoms with van der Waals surface area (Å²) >= 11 is 0. The third-order valence-electron chi connectivity index (χ3n) is 5.68. The van der Waals surface area contributed by atoms with Crippen LogP contribution in [-0.4, -0.2) is 18.9 Å². The Morgan fingerprint density at radius 2 is 1.45 bits per heavy atom. The van der Waals surface area contributed by atoms with Gasteiger partial charge in [-0.2, -0.15) is 0 Å². The second-order valence-electron chi connectivity index (χ2n) is 7.58. The molecule has 1 heterocycles. The first kappa shape index (κ1) is 20.4. The Hall–Kier alpha value is -3.86. The summed E-state index contributed by atoms with van der Waals surface area (Å²) in [5, 5.41) is 3.24. The minimum absolute atomic E-state index is 0.269. The number of ether oxygens (including phenoxy) is 1. The maximum Gasteiger partial charge on any atom is 0.282 e. The molecular weight excluding hydrogens is 388 g/mol. The monoisotopic (exact) mass is 412 g/mol. The highest BCUT2D eigenvalue weighted by molar-refractivity contribution is 6.46. The van der Waals surface area contributed by atoms with Crippen molar-refractivity contribution in [3.8, 4) is 5.75 Å². The summed E-state index contributed by atoms with van der Waals surface area (Å²) in [4.78, 5) is 28.4. The second kappa shape index (κ2) is 8.11. The Morgan fingerprint density at radius 1 is 0.774 bits per heavy atom. The van der Waals surface area contributed by atoms with Crippen LogP contribution in [0.5, 0.6) is 5.75 Å². The molecule has 1 aliphatic heterocycles. The summed E-state index contributed by atoms with van der Waals surface area (Å²) in [5.74, 6) is -0.0337. The van der Waals surface area contributed by atoms with E-state index in [9.17, 15) is 9.59 Å². The molecular formula is C26H24N2O3. The van der Waals surface area contributed by atoms with Crippen LogP contribution in [0.15, 0.2) is 72.4 Å².